The van der Waals surface area contributed by atoms with E-state index in [0.29, 0.717) is 12.0 Å². The van der Waals surface area contributed by atoms with Crippen molar-refractivity contribution < 1.29 is 4.74 Å². The van der Waals surface area contributed by atoms with Gasteiger partial charge in [0.1, 0.15) is 5.75 Å². The highest BCUT2D eigenvalue weighted by Crippen LogP contribution is 2.20. The summed E-state index contributed by atoms with van der Waals surface area (Å²) in [5, 5.41) is 7.05. The molecular weight excluding hydrogens is 525 g/mol. The van der Waals surface area contributed by atoms with E-state index in [2.05, 4.69) is 72.4 Å². The topological polar surface area (TPSA) is 52.1 Å². The van der Waals surface area contributed by atoms with Crippen LogP contribution in [0, 0.1) is 5.92 Å². The fraction of sp³-hybridized carbons (Fsp3) is 0.731. The third kappa shape index (κ3) is 11.8. The van der Waals surface area contributed by atoms with Crippen LogP contribution < -0.4 is 15.4 Å². The Bertz CT molecular complexity index is 643. The summed E-state index contributed by atoms with van der Waals surface area (Å²) in [5.74, 6) is 2.58. The summed E-state index contributed by atoms with van der Waals surface area (Å²) in [5.41, 5.74) is 1.36. The molecule has 190 valence electrons. The molecule has 7 heteroatoms. The molecular formula is C26H48IN5O. The van der Waals surface area contributed by atoms with Crippen LogP contribution in [0.4, 0.5) is 0 Å². The van der Waals surface area contributed by atoms with E-state index in [1.807, 2.05) is 0 Å². The first-order valence-corrected chi connectivity index (χ1v) is 12.7. The molecule has 1 unspecified atom stereocenters. The maximum atomic E-state index is 5.26. The van der Waals surface area contributed by atoms with E-state index in [1.165, 1.54) is 37.8 Å². The third-order valence-electron chi connectivity index (χ3n) is 6.51. The number of aliphatic imine (C=N–C) groups is 1. The van der Waals surface area contributed by atoms with Gasteiger partial charge in [0.05, 0.1) is 7.11 Å². The molecule has 1 atom stereocenters. The summed E-state index contributed by atoms with van der Waals surface area (Å²) in [6.07, 6.45) is 4.84. The van der Waals surface area contributed by atoms with E-state index in [1.54, 1.807) is 7.11 Å². The molecule has 1 aliphatic rings. The van der Waals surface area contributed by atoms with Crippen molar-refractivity contribution in [3.8, 4) is 5.75 Å². The third-order valence-corrected chi connectivity index (χ3v) is 6.51. The number of guanidine groups is 1. The van der Waals surface area contributed by atoms with Crippen LogP contribution in [-0.4, -0.2) is 74.7 Å². The molecule has 1 heterocycles. The van der Waals surface area contributed by atoms with Crippen molar-refractivity contribution in [1.29, 1.82) is 0 Å². The summed E-state index contributed by atoms with van der Waals surface area (Å²) in [4.78, 5) is 9.98. The first kappa shape index (κ1) is 30.0. The second kappa shape index (κ2) is 17.4. The molecule has 1 aromatic carbocycles. The maximum Gasteiger partial charge on any atom is 0.191 e. The predicted molar refractivity (Wildman–Crippen MR) is 152 cm³/mol. The average molecular weight is 574 g/mol. The molecule has 33 heavy (non-hydrogen) atoms. The Morgan fingerprint density at radius 3 is 2.39 bits per heavy atom. The number of nitrogens with zero attached hydrogens (tertiary/aromatic N) is 3. The molecule has 1 aliphatic heterocycles. The van der Waals surface area contributed by atoms with E-state index in [4.69, 9.17) is 9.73 Å². The van der Waals surface area contributed by atoms with Crippen LogP contribution in [0.1, 0.15) is 58.9 Å². The van der Waals surface area contributed by atoms with Gasteiger partial charge in [-0.05, 0) is 95.9 Å². The molecule has 0 aromatic heterocycles. The largest absolute Gasteiger partial charge is 0.497 e. The Hall–Kier alpha value is -1.06. The summed E-state index contributed by atoms with van der Waals surface area (Å²) < 4.78 is 5.26. The Morgan fingerprint density at radius 2 is 1.82 bits per heavy atom. The van der Waals surface area contributed by atoms with Crippen molar-refractivity contribution in [2.75, 3.05) is 52.9 Å². The molecule has 2 rings (SSSR count). The van der Waals surface area contributed by atoms with Gasteiger partial charge in [0.25, 0.3) is 0 Å². The summed E-state index contributed by atoms with van der Waals surface area (Å²) >= 11 is 0. The zero-order valence-corrected chi connectivity index (χ0v) is 23.9. The number of benzene rings is 1. The van der Waals surface area contributed by atoms with E-state index >= 15 is 0 Å². The van der Waals surface area contributed by atoms with Gasteiger partial charge in [-0.2, -0.15) is 0 Å². The second-order valence-corrected chi connectivity index (χ2v) is 9.00. The van der Waals surface area contributed by atoms with E-state index in [0.717, 1.165) is 57.5 Å². The first-order chi connectivity index (χ1) is 15.6. The highest BCUT2D eigenvalue weighted by Gasteiger charge is 2.19. The predicted octanol–water partition coefficient (Wildman–Crippen LogP) is 4.59. The van der Waals surface area contributed by atoms with Crippen LogP contribution in [0.2, 0.25) is 0 Å². The number of ether oxygens (including phenoxy) is 1. The fourth-order valence-electron chi connectivity index (χ4n) is 4.32. The minimum atomic E-state index is 0. The summed E-state index contributed by atoms with van der Waals surface area (Å²) in [7, 11) is 1.72. The van der Waals surface area contributed by atoms with Crippen LogP contribution in [0.3, 0.4) is 0 Å². The number of hydrogen-bond donors (Lipinski definition) is 2. The highest BCUT2D eigenvalue weighted by atomic mass is 127. The van der Waals surface area contributed by atoms with Crippen LogP contribution in [0.5, 0.6) is 5.75 Å². The number of halogens is 1. The van der Waals surface area contributed by atoms with Crippen LogP contribution in [-0.2, 0) is 6.54 Å². The molecule has 0 amide bonds. The molecule has 0 spiro atoms. The normalized spacial score (nSPS) is 16.4. The molecule has 1 aromatic rings. The average Bonchev–Trinajstić information content (AvgIpc) is 2.82. The van der Waals surface area contributed by atoms with Gasteiger partial charge in [-0.3, -0.25) is 9.89 Å². The summed E-state index contributed by atoms with van der Waals surface area (Å²) in [6, 6.07) is 8.89. The second-order valence-electron chi connectivity index (χ2n) is 9.00. The smallest absolute Gasteiger partial charge is 0.191 e. The van der Waals surface area contributed by atoms with Gasteiger partial charge in [-0.25, -0.2) is 0 Å². The van der Waals surface area contributed by atoms with Gasteiger partial charge in [0.2, 0.25) is 0 Å². The number of methoxy groups -OCH3 is 1. The maximum absolute atomic E-state index is 5.26. The Labute approximate surface area is 219 Å². The van der Waals surface area contributed by atoms with E-state index < -0.39 is 0 Å². The Kier molecular flexibility index (Phi) is 15.8. The minimum Gasteiger partial charge on any atom is -0.497 e. The van der Waals surface area contributed by atoms with Crippen molar-refractivity contribution in [2.45, 2.75) is 66.0 Å². The molecule has 0 bridgehead atoms. The lowest BCUT2D eigenvalue weighted by Crippen LogP contribution is -2.43. The van der Waals surface area contributed by atoms with E-state index in [-0.39, 0.29) is 24.0 Å². The van der Waals surface area contributed by atoms with Crippen molar-refractivity contribution in [3.05, 3.63) is 29.8 Å². The lowest BCUT2D eigenvalue weighted by molar-refractivity contribution is 0.180. The van der Waals surface area contributed by atoms with Crippen molar-refractivity contribution in [1.82, 2.24) is 20.4 Å². The van der Waals surface area contributed by atoms with Gasteiger partial charge in [0, 0.05) is 25.7 Å². The van der Waals surface area contributed by atoms with E-state index in [9.17, 15) is 0 Å². The SMILES string of the molecule is CCNC(=NCC1CCN(Cc2ccc(OC)cc2)CC1)NC(C)CCCN(CC)CC.I. The number of hydrogen-bond acceptors (Lipinski definition) is 4. The quantitative estimate of drug-likeness (QED) is 0.206. The first-order valence-electron chi connectivity index (χ1n) is 12.7. The van der Waals surface area contributed by atoms with Crippen LogP contribution in [0.25, 0.3) is 0 Å². The van der Waals surface area contributed by atoms with Crippen molar-refractivity contribution in [3.63, 3.8) is 0 Å². The van der Waals surface area contributed by atoms with Gasteiger partial charge in [-0.1, -0.05) is 26.0 Å². The minimum absolute atomic E-state index is 0. The number of nitrogens with one attached hydrogen (secondary N) is 2. The van der Waals surface area contributed by atoms with Gasteiger partial charge >= 0.3 is 0 Å². The molecule has 1 saturated heterocycles. The van der Waals surface area contributed by atoms with Gasteiger partial charge in [-0.15, -0.1) is 24.0 Å². The monoisotopic (exact) mass is 573 g/mol. The fourth-order valence-corrected chi connectivity index (χ4v) is 4.32. The molecule has 0 aliphatic carbocycles. The molecule has 2 N–H and O–H groups in total. The Balaban J connectivity index is 0.00000544. The zero-order valence-electron chi connectivity index (χ0n) is 21.6. The zero-order chi connectivity index (χ0) is 23.2. The standard InChI is InChI=1S/C26H47N5O.HI/c1-6-27-26(29-22(4)10-9-17-30(7-2)8-3)28-20-23-15-18-31(19-16-23)21-24-11-13-25(32-5)14-12-24;/h11-14,22-23H,6-10,15-21H2,1-5H3,(H2,27,28,29);1H. The highest BCUT2D eigenvalue weighted by molar-refractivity contribution is 14.0. The molecule has 6 nitrogen and oxygen atoms in total. The van der Waals surface area contributed by atoms with Crippen LogP contribution >= 0.6 is 24.0 Å². The van der Waals surface area contributed by atoms with Crippen LogP contribution in [0.15, 0.2) is 29.3 Å². The van der Waals surface area contributed by atoms with Gasteiger partial charge < -0.3 is 20.3 Å². The molecule has 0 saturated carbocycles. The number of rotatable bonds is 13. The van der Waals surface area contributed by atoms with Crippen molar-refractivity contribution >= 4 is 29.9 Å². The van der Waals surface area contributed by atoms with Gasteiger partial charge in [0.15, 0.2) is 5.96 Å². The number of piperidine rings is 1. The lowest BCUT2D eigenvalue weighted by Gasteiger charge is -2.31. The number of likely N-dealkylation sites (tertiary alicyclic amines) is 1. The molecule has 0 radical (unpaired) electrons. The Morgan fingerprint density at radius 1 is 1.15 bits per heavy atom. The van der Waals surface area contributed by atoms with Crippen molar-refractivity contribution in [2.24, 2.45) is 10.9 Å². The lowest BCUT2D eigenvalue weighted by atomic mass is 9.96. The molecule has 1 fully saturated rings. The summed E-state index contributed by atoms with van der Waals surface area (Å²) in [6.45, 7) is 17.5.